The summed E-state index contributed by atoms with van der Waals surface area (Å²) in [5, 5.41) is 2.60. The van der Waals surface area contributed by atoms with Crippen LogP contribution in [0.25, 0.3) is 6.08 Å². The van der Waals surface area contributed by atoms with Crippen LogP contribution in [0, 0.1) is 0 Å². The summed E-state index contributed by atoms with van der Waals surface area (Å²) in [6.07, 6.45) is 1.63. The van der Waals surface area contributed by atoms with Gasteiger partial charge in [-0.1, -0.05) is 44.0 Å². The highest BCUT2D eigenvalue weighted by Crippen LogP contribution is 2.35. The number of benzene rings is 2. The van der Waals surface area contributed by atoms with Gasteiger partial charge in [-0.05, 0) is 55.3 Å². The van der Waals surface area contributed by atoms with E-state index in [1.807, 2.05) is 31.2 Å². The molecule has 0 unspecified atom stereocenters. The Morgan fingerprint density at radius 3 is 2.34 bits per heavy atom. The Balaban J connectivity index is 1.86. The highest BCUT2D eigenvalue weighted by Gasteiger charge is 2.32. The normalized spacial score (nSPS) is 15.0. The largest absolute Gasteiger partial charge is 0.490 e. The molecule has 0 radical (unpaired) electrons. The minimum Gasteiger partial charge on any atom is -0.490 e. The van der Waals surface area contributed by atoms with E-state index in [1.165, 1.54) is 0 Å². The zero-order chi connectivity index (χ0) is 21.0. The Morgan fingerprint density at radius 1 is 1.03 bits per heavy atom. The Kier molecular flexibility index (Phi) is 6.97. The van der Waals surface area contributed by atoms with E-state index >= 15 is 0 Å². The van der Waals surface area contributed by atoms with Crippen LogP contribution in [0.3, 0.4) is 0 Å². The first-order valence-corrected chi connectivity index (χ1v) is 10.7. The third kappa shape index (κ3) is 5.00. The SMILES string of the molecule is CCOc1cc(/C=C2/NC(=O)N(CC)C2=O)c(Br)cc1OCc1ccc(Br)cc1. The molecule has 2 aromatic rings. The van der Waals surface area contributed by atoms with Crippen LogP contribution in [0.15, 0.2) is 51.0 Å². The summed E-state index contributed by atoms with van der Waals surface area (Å²) < 4.78 is 13.4. The van der Waals surface area contributed by atoms with Crippen molar-refractivity contribution in [2.24, 2.45) is 0 Å². The van der Waals surface area contributed by atoms with Crippen molar-refractivity contribution in [2.45, 2.75) is 20.5 Å². The minimum absolute atomic E-state index is 0.225. The Bertz CT molecular complexity index is 958. The molecule has 0 aliphatic carbocycles. The van der Waals surface area contributed by atoms with Gasteiger partial charge in [0.15, 0.2) is 11.5 Å². The maximum atomic E-state index is 12.3. The molecule has 152 valence electrons. The van der Waals surface area contributed by atoms with E-state index in [2.05, 4.69) is 37.2 Å². The molecule has 8 heteroatoms. The van der Waals surface area contributed by atoms with Crippen molar-refractivity contribution in [2.75, 3.05) is 13.2 Å². The molecule has 1 aliphatic rings. The van der Waals surface area contributed by atoms with Gasteiger partial charge in [0.25, 0.3) is 5.91 Å². The number of hydrogen-bond donors (Lipinski definition) is 1. The van der Waals surface area contributed by atoms with Gasteiger partial charge in [-0.25, -0.2) is 4.79 Å². The molecule has 1 aliphatic heterocycles. The summed E-state index contributed by atoms with van der Waals surface area (Å²) in [4.78, 5) is 25.3. The summed E-state index contributed by atoms with van der Waals surface area (Å²) in [5.74, 6) is 0.794. The third-order valence-electron chi connectivity index (χ3n) is 4.25. The van der Waals surface area contributed by atoms with Gasteiger partial charge in [-0.3, -0.25) is 9.69 Å². The van der Waals surface area contributed by atoms with E-state index in [-0.39, 0.29) is 11.6 Å². The fourth-order valence-corrected chi connectivity index (χ4v) is 3.50. The van der Waals surface area contributed by atoms with Gasteiger partial charge in [0.05, 0.1) is 6.61 Å². The van der Waals surface area contributed by atoms with Crippen LogP contribution >= 0.6 is 31.9 Å². The number of ether oxygens (including phenoxy) is 2. The molecular weight excluding hydrogens is 504 g/mol. The van der Waals surface area contributed by atoms with Crippen LogP contribution < -0.4 is 14.8 Å². The molecule has 0 atom stereocenters. The first-order chi connectivity index (χ1) is 13.9. The first-order valence-electron chi connectivity index (χ1n) is 9.11. The highest BCUT2D eigenvalue weighted by molar-refractivity contribution is 9.10. The molecule has 0 saturated carbocycles. The molecule has 29 heavy (non-hydrogen) atoms. The molecule has 3 amide bonds. The zero-order valence-corrected chi connectivity index (χ0v) is 19.2. The Labute approximate surface area is 186 Å². The Hall–Kier alpha value is -2.32. The number of imide groups is 1. The number of rotatable bonds is 7. The molecular formula is C21H20Br2N2O4. The average Bonchev–Trinajstić information content (AvgIpc) is 2.97. The zero-order valence-electron chi connectivity index (χ0n) is 16.0. The van der Waals surface area contributed by atoms with E-state index in [0.717, 1.165) is 19.4 Å². The molecule has 1 heterocycles. The lowest BCUT2D eigenvalue weighted by Crippen LogP contribution is -2.30. The van der Waals surface area contributed by atoms with Crippen molar-refractivity contribution >= 4 is 49.9 Å². The number of halogens is 2. The van der Waals surface area contributed by atoms with Gasteiger partial charge in [0, 0.05) is 15.5 Å². The van der Waals surface area contributed by atoms with Gasteiger partial charge < -0.3 is 14.8 Å². The maximum absolute atomic E-state index is 12.3. The number of nitrogens with zero attached hydrogens (tertiary/aromatic N) is 1. The van der Waals surface area contributed by atoms with E-state index in [0.29, 0.717) is 36.8 Å². The van der Waals surface area contributed by atoms with Crippen LogP contribution in [-0.4, -0.2) is 30.0 Å². The highest BCUT2D eigenvalue weighted by atomic mass is 79.9. The molecule has 2 aromatic carbocycles. The summed E-state index contributed by atoms with van der Waals surface area (Å²) in [6.45, 7) is 4.81. The van der Waals surface area contributed by atoms with Crippen LogP contribution in [-0.2, 0) is 11.4 Å². The van der Waals surface area contributed by atoms with Crippen LogP contribution in [0.1, 0.15) is 25.0 Å². The monoisotopic (exact) mass is 522 g/mol. The molecule has 0 aromatic heterocycles. The number of hydrogen-bond acceptors (Lipinski definition) is 4. The molecule has 6 nitrogen and oxygen atoms in total. The second-order valence-electron chi connectivity index (χ2n) is 6.21. The van der Waals surface area contributed by atoms with E-state index in [9.17, 15) is 9.59 Å². The van der Waals surface area contributed by atoms with Gasteiger partial charge in [0.1, 0.15) is 12.3 Å². The Morgan fingerprint density at radius 2 is 1.72 bits per heavy atom. The van der Waals surface area contributed by atoms with E-state index < -0.39 is 6.03 Å². The molecule has 1 fully saturated rings. The quantitative estimate of drug-likeness (QED) is 0.405. The average molecular weight is 524 g/mol. The number of urea groups is 1. The summed E-state index contributed by atoms with van der Waals surface area (Å²) in [5.41, 5.74) is 1.95. The van der Waals surface area contributed by atoms with Crippen molar-refractivity contribution in [3.63, 3.8) is 0 Å². The van der Waals surface area contributed by atoms with Crippen LogP contribution in [0.5, 0.6) is 11.5 Å². The minimum atomic E-state index is -0.417. The predicted octanol–water partition coefficient (Wildman–Crippen LogP) is 5.10. The second kappa shape index (κ2) is 9.45. The van der Waals surface area contributed by atoms with Gasteiger partial charge in [0.2, 0.25) is 0 Å². The fourth-order valence-electron chi connectivity index (χ4n) is 2.80. The second-order valence-corrected chi connectivity index (χ2v) is 7.98. The molecule has 0 bridgehead atoms. The molecule has 3 rings (SSSR count). The number of carbonyl (C=O) groups excluding carboxylic acids is 2. The standard InChI is InChI=1S/C21H20Br2N2O4/c1-3-25-20(26)17(24-21(25)27)9-14-10-18(28-4-2)19(11-16(14)23)29-12-13-5-7-15(22)8-6-13/h5-11H,3-4,12H2,1-2H3,(H,24,27)/b17-9+. The predicted molar refractivity (Wildman–Crippen MR) is 118 cm³/mol. The van der Waals surface area contributed by atoms with Gasteiger partial charge in [-0.2, -0.15) is 0 Å². The fraction of sp³-hybridized carbons (Fsp3) is 0.238. The van der Waals surface area contributed by atoms with Gasteiger partial charge >= 0.3 is 6.03 Å². The van der Waals surface area contributed by atoms with Crippen molar-refractivity contribution in [3.05, 3.63) is 62.2 Å². The molecule has 1 N–H and O–H groups in total. The molecule has 1 saturated heterocycles. The summed E-state index contributed by atoms with van der Waals surface area (Å²) >= 11 is 6.94. The van der Waals surface area contributed by atoms with Crippen molar-refractivity contribution in [3.8, 4) is 11.5 Å². The van der Waals surface area contributed by atoms with Crippen LogP contribution in [0.2, 0.25) is 0 Å². The number of nitrogens with one attached hydrogen (secondary N) is 1. The van der Waals surface area contributed by atoms with Crippen molar-refractivity contribution < 1.29 is 19.1 Å². The van der Waals surface area contributed by atoms with Crippen molar-refractivity contribution in [1.82, 2.24) is 10.2 Å². The third-order valence-corrected chi connectivity index (χ3v) is 5.46. The lowest BCUT2D eigenvalue weighted by molar-refractivity contribution is -0.122. The first kappa shape index (κ1) is 21.4. The van der Waals surface area contributed by atoms with Crippen molar-refractivity contribution in [1.29, 1.82) is 0 Å². The number of amides is 3. The van der Waals surface area contributed by atoms with Gasteiger partial charge in [-0.15, -0.1) is 0 Å². The maximum Gasteiger partial charge on any atom is 0.328 e. The topological polar surface area (TPSA) is 67.9 Å². The van der Waals surface area contributed by atoms with E-state index in [1.54, 1.807) is 25.1 Å². The summed E-state index contributed by atoms with van der Waals surface area (Å²) in [7, 11) is 0. The number of carbonyl (C=O) groups is 2. The smallest absolute Gasteiger partial charge is 0.328 e. The molecule has 0 spiro atoms. The lowest BCUT2D eigenvalue weighted by atomic mass is 10.1. The number of likely N-dealkylation sites (N-methyl/N-ethyl adjacent to an activating group) is 1. The van der Waals surface area contributed by atoms with E-state index in [4.69, 9.17) is 9.47 Å². The van der Waals surface area contributed by atoms with Crippen LogP contribution in [0.4, 0.5) is 4.79 Å². The lowest BCUT2D eigenvalue weighted by Gasteiger charge is -2.14. The summed E-state index contributed by atoms with van der Waals surface area (Å²) in [6, 6.07) is 11.0.